The van der Waals surface area contributed by atoms with E-state index in [0.717, 1.165) is 25.0 Å². The van der Waals surface area contributed by atoms with Gasteiger partial charge in [-0.1, -0.05) is 6.07 Å². The minimum Gasteiger partial charge on any atom is -0.340 e. The Balaban J connectivity index is 2.01. The summed E-state index contributed by atoms with van der Waals surface area (Å²) in [5.74, 6) is -0.0808. The van der Waals surface area contributed by atoms with Gasteiger partial charge in [0.05, 0.1) is 11.3 Å². The van der Waals surface area contributed by atoms with Crippen LogP contribution in [0.4, 0.5) is 13.2 Å². The van der Waals surface area contributed by atoms with Crippen molar-refractivity contribution >= 4 is 5.91 Å². The number of aromatic nitrogens is 2. The van der Waals surface area contributed by atoms with Gasteiger partial charge in [-0.15, -0.1) is 0 Å². The van der Waals surface area contributed by atoms with Crippen LogP contribution in [0.25, 0.3) is 5.69 Å². The van der Waals surface area contributed by atoms with Crippen LogP contribution in [-0.4, -0.2) is 34.2 Å². The van der Waals surface area contributed by atoms with Gasteiger partial charge < -0.3 is 4.90 Å². The van der Waals surface area contributed by atoms with Gasteiger partial charge in [0.1, 0.15) is 0 Å². The highest BCUT2D eigenvalue weighted by Gasteiger charge is 2.31. The number of halogens is 3. The van der Waals surface area contributed by atoms with Gasteiger partial charge in [0.2, 0.25) is 5.43 Å². The van der Waals surface area contributed by atoms with Crippen LogP contribution in [0.2, 0.25) is 0 Å². The van der Waals surface area contributed by atoms with Gasteiger partial charge in [0, 0.05) is 25.4 Å². The summed E-state index contributed by atoms with van der Waals surface area (Å²) >= 11 is 0. The van der Waals surface area contributed by atoms with Gasteiger partial charge in [-0.3, -0.25) is 9.59 Å². The van der Waals surface area contributed by atoms with Gasteiger partial charge >= 0.3 is 6.18 Å². The summed E-state index contributed by atoms with van der Waals surface area (Å²) in [7, 11) is 1.59. The first-order valence-corrected chi connectivity index (χ1v) is 8.21. The third-order valence-corrected chi connectivity index (χ3v) is 4.30. The number of nitrogens with zero attached hydrogens (tertiary/aromatic N) is 3. The van der Waals surface area contributed by atoms with E-state index in [-0.39, 0.29) is 11.4 Å². The molecule has 0 aliphatic heterocycles. The van der Waals surface area contributed by atoms with Crippen molar-refractivity contribution in [3.8, 4) is 5.69 Å². The monoisotopic (exact) mass is 365 g/mol. The summed E-state index contributed by atoms with van der Waals surface area (Å²) in [4.78, 5) is 26.2. The van der Waals surface area contributed by atoms with Gasteiger partial charge in [-0.05, 0) is 43.9 Å². The van der Waals surface area contributed by atoms with Crippen molar-refractivity contribution < 1.29 is 18.0 Å². The lowest BCUT2D eigenvalue weighted by Crippen LogP contribution is -2.34. The molecule has 0 saturated heterocycles. The first-order valence-electron chi connectivity index (χ1n) is 8.21. The summed E-state index contributed by atoms with van der Waals surface area (Å²) in [5.41, 5.74) is -1.19. The molecular weight excluding hydrogens is 347 g/mol. The van der Waals surface area contributed by atoms with Crippen LogP contribution in [0.15, 0.2) is 35.1 Å². The Kier molecular flexibility index (Phi) is 4.60. The molecule has 1 heterocycles. The van der Waals surface area contributed by atoms with Crippen LogP contribution in [0.3, 0.4) is 0 Å². The Morgan fingerprint density at radius 1 is 1.31 bits per heavy atom. The second-order valence-electron chi connectivity index (χ2n) is 6.59. The molecule has 1 amide bonds. The van der Waals surface area contributed by atoms with Crippen molar-refractivity contribution in [3.63, 3.8) is 0 Å². The van der Waals surface area contributed by atoms with Crippen molar-refractivity contribution in [1.29, 1.82) is 0 Å². The van der Waals surface area contributed by atoms with Crippen LogP contribution in [-0.2, 0) is 6.18 Å². The Morgan fingerprint density at radius 2 is 2.00 bits per heavy atom. The molecular formula is C18H18F3N3O2. The lowest BCUT2D eigenvalue weighted by molar-refractivity contribution is -0.137. The van der Waals surface area contributed by atoms with Crippen molar-refractivity contribution in [1.82, 2.24) is 14.7 Å². The molecule has 0 unspecified atom stereocenters. The lowest BCUT2D eigenvalue weighted by Gasteiger charge is -2.17. The fraction of sp³-hybridized carbons (Fsp3) is 0.389. The van der Waals surface area contributed by atoms with E-state index in [1.54, 1.807) is 14.0 Å². The van der Waals surface area contributed by atoms with E-state index in [9.17, 15) is 22.8 Å². The van der Waals surface area contributed by atoms with Gasteiger partial charge in [-0.25, -0.2) is 4.68 Å². The van der Waals surface area contributed by atoms with Crippen LogP contribution >= 0.6 is 0 Å². The first kappa shape index (κ1) is 18.2. The average molecular weight is 365 g/mol. The second kappa shape index (κ2) is 6.59. The molecule has 1 saturated carbocycles. The molecule has 1 aromatic heterocycles. The van der Waals surface area contributed by atoms with E-state index < -0.39 is 23.1 Å². The summed E-state index contributed by atoms with van der Waals surface area (Å²) in [6.45, 7) is 2.09. The van der Waals surface area contributed by atoms with Crippen LogP contribution in [0, 0.1) is 12.8 Å². The topological polar surface area (TPSA) is 55.2 Å². The SMILES string of the molecule is Cc1cc(=O)c(C(=O)N(C)CC2CC2)nn1-c1cccc(C(F)(F)F)c1. The van der Waals surface area contributed by atoms with E-state index in [4.69, 9.17) is 0 Å². The Bertz CT molecular complexity index is 901. The van der Waals surface area contributed by atoms with Gasteiger partial charge in [-0.2, -0.15) is 18.3 Å². The van der Waals surface area contributed by atoms with Crippen molar-refractivity contribution in [3.05, 3.63) is 57.5 Å². The standard InChI is InChI=1S/C18H18F3N3O2/c1-11-8-15(25)16(17(26)23(2)10-12-6-7-12)22-24(11)14-5-3-4-13(9-14)18(19,20)21/h3-5,8-9,12H,6-7,10H2,1-2H3. The number of benzene rings is 1. The molecule has 1 aromatic carbocycles. The quantitative estimate of drug-likeness (QED) is 0.837. The van der Waals surface area contributed by atoms with Gasteiger partial charge in [0.25, 0.3) is 5.91 Å². The fourth-order valence-electron chi connectivity index (χ4n) is 2.72. The number of alkyl halides is 3. The number of carbonyl (C=O) groups is 1. The van der Waals surface area contributed by atoms with Crippen molar-refractivity contribution in [2.75, 3.05) is 13.6 Å². The predicted octanol–water partition coefficient (Wildman–Crippen LogP) is 3.04. The van der Waals surface area contributed by atoms with Crippen LogP contribution in [0.1, 0.15) is 34.6 Å². The highest BCUT2D eigenvalue weighted by Crippen LogP contribution is 2.31. The number of aryl methyl sites for hydroxylation is 1. The summed E-state index contributed by atoms with van der Waals surface area (Å²) < 4.78 is 40.0. The molecule has 3 rings (SSSR count). The zero-order valence-corrected chi connectivity index (χ0v) is 14.4. The molecule has 1 aliphatic rings. The number of amides is 1. The molecule has 138 valence electrons. The van der Waals surface area contributed by atoms with Crippen LogP contribution < -0.4 is 5.43 Å². The average Bonchev–Trinajstić information content (AvgIpc) is 3.37. The molecule has 1 aliphatic carbocycles. The molecule has 8 heteroatoms. The fourth-order valence-corrected chi connectivity index (χ4v) is 2.72. The van der Waals surface area contributed by atoms with Crippen molar-refractivity contribution in [2.45, 2.75) is 25.9 Å². The summed E-state index contributed by atoms with van der Waals surface area (Å²) in [6.07, 6.45) is -2.40. The third kappa shape index (κ3) is 3.79. The van der Waals surface area contributed by atoms with E-state index >= 15 is 0 Å². The predicted molar refractivity (Wildman–Crippen MR) is 89.3 cm³/mol. The number of hydrogen-bond acceptors (Lipinski definition) is 3. The summed E-state index contributed by atoms with van der Waals surface area (Å²) in [5, 5.41) is 4.06. The smallest absolute Gasteiger partial charge is 0.340 e. The van der Waals surface area contributed by atoms with Crippen molar-refractivity contribution in [2.24, 2.45) is 5.92 Å². The number of rotatable bonds is 4. The van der Waals surface area contributed by atoms with E-state index in [1.165, 1.54) is 27.8 Å². The maximum absolute atomic E-state index is 12.9. The third-order valence-electron chi connectivity index (χ3n) is 4.30. The Labute approximate surface area is 148 Å². The maximum Gasteiger partial charge on any atom is 0.416 e. The zero-order valence-electron chi connectivity index (χ0n) is 14.4. The largest absolute Gasteiger partial charge is 0.416 e. The summed E-state index contributed by atoms with van der Waals surface area (Å²) in [6, 6.07) is 5.81. The normalized spacial score (nSPS) is 14.3. The number of carbonyl (C=O) groups excluding carboxylic acids is 1. The molecule has 1 fully saturated rings. The molecule has 0 atom stereocenters. The highest BCUT2D eigenvalue weighted by atomic mass is 19.4. The molecule has 0 spiro atoms. The van der Waals surface area contributed by atoms with Crippen LogP contribution in [0.5, 0.6) is 0 Å². The van der Waals surface area contributed by atoms with E-state index in [2.05, 4.69) is 5.10 Å². The lowest BCUT2D eigenvalue weighted by atomic mass is 10.2. The highest BCUT2D eigenvalue weighted by molar-refractivity contribution is 5.91. The second-order valence-corrected chi connectivity index (χ2v) is 6.59. The van der Waals surface area contributed by atoms with E-state index in [1.807, 2.05) is 0 Å². The van der Waals surface area contributed by atoms with E-state index in [0.29, 0.717) is 18.2 Å². The van der Waals surface area contributed by atoms with Gasteiger partial charge in [0.15, 0.2) is 5.69 Å². The molecule has 2 aromatic rings. The molecule has 0 radical (unpaired) electrons. The minimum absolute atomic E-state index is 0.135. The zero-order chi connectivity index (χ0) is 19.1. The maximum atomic E-state index is 12.9. The Hall–Kier alpha value is -2.64. The molecule has 5 nitrogen and oxygen atoms in total. The molecule has 0 N–H and O–H groups in total. The molecule has 26 heavy (non-hydrogen) atoms. The number of hydrogen-bond donors (Lipinski definition) is 0. The molecule has 0 bridgehead atoms. The minimum atomic E-state index is -4.49. The Morgan fingerprint density at radius 3 is 2.62 bits per heavy atom. The first-order chi connectivity index (χ1) is 12.2.